The predicted octanol–water partition coefficient (Wildman–Crippen LogP) is 5.77. The van der Waals surface area contributed by atoms with Crippen molar-refractivity contribution >= 4 is 16.8 Å². The molecule has 0 bridgehead atoms. The third kappa shape index (κ3) is 1.91. The summed E-state index contributed by atoms with van der Waals surface area (Å²) in [5.41, 5.74) is 8.43. The Morgan fingerprint density at radius 1 is 0.810 bits per heavy atom. The Labute approximate surface area is 125 Å². The molecule has 3 aromatic rings. The third-order valence-corrected chi connectivity index (χ3v) is 4.46. The Bertz CT molecular complexity index is 882. The van der Waals surface area contributed by atoms with Crippen LogP contribution in [0.2, 0.25) is 0 Å². The minimum Gasteiger partial charge on any atom is -0.0683 e. The van der Waals surface area contributed by atoms with Crippen molar-refractivity contribution in [3.05, 3.63) is 76.9 Å². The molecule has 0 amide bonds. The van der Waals surface area contributed by atoms with Crippen molar-refractivity contribution in [3.63, 3.8) is 0 Å². The fourth-order valence-corrected chi connectivity index (χ4v) is 3.49. The lowest BCUT2D eigenvalue weighted by Crippen LogP contribution is -1.91. The van der Waals surface area contributed by atoms with Crippen LogP contribution in [-0.4, -0.2) is 0 Å². The van der Waals surface area contributed by atoms with E-state index in [2.05, 4.69) is 74.5 Å². The largest absolute Gasteiger partial charge is 0.0683 e. The molecule has 102 valence electrons. The molecule has 1 aliphatic carbocycles. The highest BCUT2D eigenvalue weighted by molar-refractivity contribution is 6.00. The molecule has 0 aliphatic heterocycles. The van der Waals surface area contributed by atoms with Gasteiger partial charge in [0.15, 0.2) is 0 Å². The molecule has 0 aromatic heterocycles. The van der Waals surface area contributed by atoms with E-state index in [-0.39, 0.29) is 0 Å². The van der Waals surface area contributed by atoms with Crippen LogP contribution in [0.15, 0.2) is 60.2 Å². The van der Waals surface area contributed by atoms with E-state index in [1.54, 1.807) is 0 Å². The van der Waals surface area contributed by atoms with Crippen LogP contribution in [0.4, 0.5) is 0 Å². The SMILES string of the molecule is CC1=Cc2c(cccc2-c2c(C)ccc3ccccc23)C1. The van der Waals surface area contributed by atoms with E-state index in [9.17, 15) is 0 Å². The van der Waals surface area contributed by atoms with Crippen molar-refractivity contribution < 1.29 is 0 Å². The highest BCUT2D eigenvalue weighted by Crippen LogP contribution is 2.38. The van der Waals surface area contributed by atoms with E-state index in [0.29, 0.717) is 0 Å². The quantitative estimate of drug-likeness (QED) is 0.526. The fraction of sp³-hybridized carbons (Fsp3) is 0.143. The zero-order chi connectivity index (χ0) is 14.4. The lowest BCUT2D eigenvalue weighted by Gasteiger charge is -2.14. The van der Waals surface area contributed by atoms with E-state index >= 15 is 0 Å². The highest BCUT2D eigenvalue weighted by atomic mass is 14.2. The van der Waals surface area contributed by atoms with Gasteiger partial charge >= 0.3 is 0 Å². The summed E-state index contributed by atoms with van der Waals surface area (Å²) in [5.74, 6) is 0. The summed E-state index contributed by atoms with van der Waals surface area (Å²) in [7, 11) is 0. The van der Waals surface area contributed by atoms with Gasteiger partial charge in [-0.2, -0.15) is 0 Å². The zero-order valence-corrected chi connectivity index (χ0v) is 12.5. The maximum atomic E-state index is 2.35. The van der Waals surface area contributed by atoms with Crippen LogP contribution in [0.1, 0.15) is 23.6 Å². The number of benzene rings is 3. The maximum Gasteiger partial charge on any atom is -0.00604 e. The van der Waals surface area contributed by atoms with Gasteiger partial charge in [-0.25, -0.2) is 0 Å². The summed E-state index contributed by atoms with van der Waals surface area (Å²) < 4.78 is 0. The van der Waals surface area contributed by atoms with E-state index in [1.165, 1.54) is 44.2 Å². The Balaban J connectivity index is 2.09. The number of hydrogen-bond acceptors (Lipinski definition) is 0. The summed E-state index contributed by atoms with van der Waals surface area (Å²) >= 11 is 0. The average molecular weight is 270 g/mol. The van der Waals surface area contributed by atoms with Crippen molar-refractivity contribution in [2.75, 3.05) is 0 Å². The summed E-state index contributed by atoms with van der Waals surface area (Å²) in [6, 6.07) is 19.9. The van der Waals surface area contributed by atoms with Crippen LogP contribution < -0.4 is 0 Å². The molecule has 0 fully saturated rings. The number of aryl methyl sites for hydroxylation is 1. The Kier molecular flexibility index (Phi) is 2.71. The molecule has 0 radical (unpaired) electrons. The fourth-order valence-electron chi connectivity index (χ4n) is 3.49. The minimum absolute atomic E-state index is 1.09. The Morgan fingerprint density at radius 3 is 2.57 bits per heavy atom. The lowest BCUT2D eigenvalue weighted by molar-refractivity contribution is 1.20. The van der Waals surface area contributed by atoms with Gasteiger partial charge in [0.1, 0.15) is 0 Å². The first kappa shape index (κ1) is 12.4. The Hall–Kier alpha value is -2.34. The molecule has 0 saturated carbocycles. The molecule has 1 aliphatic rings. The predicted molar refractivity (Wildman–Crippen MR) is 91.5 cm³/mol. The second-order valence-electron chi connectivity index (χ2n) is 6.02. The second kappa shape index (κ2) is 4.60. The zero-order valence-electron chi connectivity index (χ0n) is 12.5. The topological polar surface area (TPSA) is 0 Å². The number of fused-ring (bicyclic) bond motifs is 2. The van der Waals surface area contributed by atoms with Crippen molar-refractivity contribution in [2.45, 2.75) is 20.3 Å². The summed E-state index contributed by atoms with van der Waals surface area (Å²) in [5, 5.41) is 2.67. The van der Waals surface area contributed by atoms with Gasteiger partial charge < -0.3 is 0 Å². The second-order valence-corrected chi connectivity index (χ2v) is 6.02. The third-order valence-electron chi connectivity index (χ3n) is 4.46. The molecule has 0 spiro atoms. The summed E-state index contributed by atoms with van der Waals surface area (Å²) in [6.07, 6.45) is 3.44. The van der Waals surface area contributed by atoms with Gasteiger partial charge in [0, 0.05) is 0 Å². The first-order valence-corrected chi connectivity index (χ1v) is 7.52. The average Bonchev–Trinajstić information content (AvgIpc) is 2.87. The molecule has 3 aromatic carbocycles. The molecule has 0 N–H and O–H groups in total. The van der Waals surface area contributed by atoms with Crippen LogP contribution >= 0.6 is 0 Å². The lowest BCUT2D eigenvalue weighted by atomic mass is 9.90. The van der Waals surface area contributed by atoms with Gasteiger partial charge in [-0.15, -0.1) is 0 Å². The van der Waals surface area contributed by atoms with Crippen molar-refractivity contribution in [1.29, 1.82) is 0 Å². The molecule has 4 rings (SSSR count). The molecule has 0 heterocycles. The monoisotopic (exact) mass is 270 g/mol. The molecular formula is C21H18. The first-order valence-electron chi connectivity index (χ1n) is 7.52. The Morgan fingerprint density at radius 2 is 1.67 bits per heavy atom. The van der Waals surface area contributed by atoms with Gasteiger partial charge in [-0.05, 0) is 58.9 Å². The maximum absolute atomic E-state index is 2.35. The minimum atomic E-state index is 1.09. The number of allylic oxidation sites excluding steroid dienone is 1. The van der Waals surface area contributed by atoms with Gasteiger partial charge in [0.2, 0.25) is 0 Å². The number of hydrogen-bond donors (Lipinski definition) is 0. The molecule has 0 nitrogen and oxygen atoms in total. The van der Waals surface area contributed by atoms with Gasteiger partial charge in [-0.1, -0.05) is 66.2 Å². The van der Waals surface area contributed by atoms with Crippen molar-refractivity contribution in [2.24, 2.45) is 0 Å². The summed E-state index contributed by atoms with van der Waals surface area (Å²) in [6.45, 7) is 4.44. The van der Waals surface area contributed by atoms with E-state index < -0.39 is 0 Å². The summed E-state index contributed by atoms with van der Waals surface area (Å²) in [4.78, 5) is 0. The van der Waals surface area contributed by atoms with Crippen molar-refractivity contribution in [3.8, 4) is 11.1 Å². The van der Waals surface area contributed by atoms with Gasteiger partial charge in [0.25, 0.3) is 0 Å². The normalized spacial score (nSPS) is 13.3. The van der Waals surface area contributed by atoms with Crippen LogP contribution in [-0.2, 0) is 6.42 Å². The molecule has 0 heteroatoms. The molecule has 0 saturated heterocycles. The van der Waals surface area contributed by atoms with Gasteiger partial charge in [0.05, 0.1) is 0 Å². The highest BCUT2D eigenvalue weighted by Gasteiger charge is 2.16. The van der Waals surface area contributed by atoms with Crippen molar-refractivity contribution in [1.82, 2.24) is 0 Å². The molecule has 0 atom stereocenters. The van der Waals surface area contributed by atoms with E-state index in [1.807, 2.05) is 0 Å². The van der Waals surface area contributed by atoms with Crippen LogP contribution in [0.3, 0.4) is 0 Å². The van der Waals surface area contributed by atoms with Gasteiger partial charge in [-0.3, -0.25) is 0 Å². The standard InChI is InChI=1S/C21H18/c1-14-12-17-7-5-9-19(20(17)13-14)21-15(2)10-11-16-6-3-4-8-18(16)21/h3-11,13H,12H2,1-2H3. The molecule has 0 unspecified atom stereocenters. The molecule has 21 heavy (non-hydrogen) atoms. The van der Waals surface area contributed by atoms with E-state index in [4.69, 9.17) is 0 Å². The first-order chi connectivity index (χ1) is 10.2. The van der Waals surface area contributed by atoms with E-state index in [0.717, 1.165) is 6.42 Å². The molecular weight excluding hydrogens is 252 g/mol. The van der Waals surface area contributed by atoms with Crippen LogP contribution in [0, 0.1) is 6.92 Å². The van der Waals surface area contributed by atoms with Crippen LogP contribution in [0.5, 0.6) is 0 Å². The number of rotatable bonds is 1. The van der Waals surface area contributed by atoms with Crippen LogP contribution in [0.25, 0.3) is 28.0 Å². The smallest absolute Gasteiger partial charge is 0.00604 e.